The quantitative estimate of drug-likeness (QED) is 0.567. The van der Waals surface area contributed by atoms with Gasteiger partial charge in [0.2, 0.25) is 0 Å². The van der Waals surface area contributed by atoms with Gasteiger partial charge in [0.15, 0.2) is 0 Å². The second-order valence-electron chi connectivity index (χ2n) is 5.07. The molecule has 0 heterocycles. The number of rotatable bonds is 3. The van der Waals surface area contributed by atoms with Crippen LogP contribution < -0.4 is 0 Å². The van der Waals surface area contributed by atoms with Crippen LogP contribution in [-0.2, 0) is 4.79 Å². The highest BCUT2D eigenvalue weighted by Crippen LogP contribution is 2.61. The number of carbonyl (C=O) groups is 1. The Kier molecular flexibility index (Phi) is 1.25. The molecule has 0 amide bonds. The summed E-state index contributed by atoms with van der Waals surface area (Å²) in [4.78, 5) is 10.7. The molecule has 2 saturated carbocycles. The standard InChI is InChI=1S/C10H16O/c1-9(2)5-8(9)6-10(7-11)3-4-10/h7-8H,3-6H2,1-2H3. The molecule has 1 unspecified atom stereocenters. The molecule has 0 aromatic rings. The summed E-state index contributed by atoms with van der Waals surface area (Å²) in [5.41, 5.74) is 0.705. The molecule has 0 N–H and O–H groups in total. The Morgan fingerprint density at radius 3 is 2.27 bits per heavy atom. The molecule has 0 aromatic carbocycles. The maximum absolute atomic E-state index is 10.7. The molecule has 62 valence electrons. The fraction of sp³-hybridized carbons (Fsp3) is 0.900. The topological polar surface area (TPSA) is 17.1 Å². The first-order chi connectivity index (χ1) is 5.08. The first kappa shape index (κ1) is 7.33. The summed E-state index contributed by atoms with van der Waals surface area (Å²) in [5, 5.41) is 0. The van der Waals surface area contributed by atoms with E-state index in [9.17, 15) is 4.79 Å². The van der Waals surface area contributed by atoms with E-state index in [-0.39, 0.29) is 5.41 Å². The van der Waals surface area contributed by atoms with Crippen LogP contribution in [0.4, 0.5) is 0 Å². The molecular formula is C10H16O. The summed E-state index contributed by atoms with van der Waals surface area (Å²) in [5.74, 6) is 0.843. The Hall–Kier alpha value is -0.330. The van der Waals surface area contributed by atoms with Crippen molar-refractivity contribution in [1.29, 1.82) is 0 Å². The Morgan fingerprint density at radius 2 is 2.00 bits per heavy atom. The highest BCUT2D eigenvalue weighted by atomic mass is 16.1. The van der Waals surface area contributed by atoms with Crippen molar-refractivity contribution >= 4 is 6.29 Å². The second-order valence-corrected chi connectivity index (χ2v) is 5.07. The van der Waals surface area contributed by atoms with Crippen LogP contribution in [0.3, 0.4) is 0 Å². The van der Waals surface area contributed by atoms with Crippen molar-refractivity contribution in [1.82, 2.24) is 0 Å². The maximum atomic E-state index is 10.7. The van der Waals surface area contributed by atoms with Crippen LogP contribution >= 0.6 is 0 Å². The van der Waals surface area contributed by atoms with Crippen molar-refractivity contribution in [3.8, 4) is 0 Å². The van der Waals surface area contributed by atoms with Crippen molar-refractivity contribution < 1.29 is 4.79 Å². The SMILES string of the molecule is CC1(C)CC1CC1(C=O)CC1. The van der Waals surface area contributed by atoms with Gasteiger partial charge in [0.1, 0.15) is 6.29 Å². The average Bonchev–Trinajstić information content (AvgIpc) is 2.78. The first-order valence-electron chi connectivity index (χ1n) is 4.54. The number of carbonyl (C=O) groups excluding carboxylic acids is 1. The lowest BCUT2D eigenvalue weighted by atomic mass is 9.97. The molecule has 2 rings (SSSR count). The van der Waals surface area contributed by atoms with Gasteiger partial charge in [-0.3, -0.25) is 0 Å². The summed E-state index contributed by atoms with van der Waals surface area (Å²) in [7, 11) is 0. The molecule has 1 nitrogen and oxygen atoms in total. The highest BCUT2D eigenvalue weighted by Gasteiger charge is 2.53. The maximum Gasteiger partial charge on any atom is 0.126 e. The van der Waals surface area contributed by atoms with E-state index in [0.717, 1.165) is 18.8 Å². The summed E-state index contributed by atoms with van der Waals surface area (Å²) >= 11 is 0. The van der Waals surface area contributed by atoms with Crippen LogP contribution in [0.1, 0.15) is 39.5 Å². The van der Waals surface area contributed by atoms with Crippen LogP contribution in [0.15, 0.2) is 0 Å². The van der Waals surface area contributed by atoms with Gasteiger partial charge in [0, 0.05) is 5.41 Å². The molecule has 2 fully saturated rings. The van der Waals surface area contributed by atoms with E-state index in [0.29, 0.717) is 5.41 Å². The van der Waals surface area contributed by atoms with Crippen LogP contribution in [-0.4, -0.2) is 6.29 Å². The van der Waals surface area contributed by atoms with Gasteiger partial charge in [-0.1, -0.05) is 13.8 Å². The van der Waals surface area contributed by atoms with Crippen LogP contribution in [0.2, 0.25) is 0 Å². The van der Waals surface area contributed by atoms with E-state index in [1.807, 2.05) is 0 Å². The Morgan fingerprint density at radius 1 is 1.45 bits per heavy atom. The minimum Gasteiger partial charge on any atom is -0.303 e. The second kappa shape index (κ2) is 1.88. The molecule has 2 aliphatic rings. The smallest absolute Gasteiger partial charge is 0.126 e. The van der Waals surface area contributed by atoms with Gasteiger partial charge >= 0.3 is 0 Å². The molecule has 0 aliphatic heterocycles. The van der Waals surface area contributed by atoms with Crippen molar-refractivity contribution in [2.75, 3.05) is 0 Å². The zero-order valence-electron chi connectivity index (χ0n) is 7.39. The van der Waals surface area contributed by atoms with Crippen molar-refractivity contribution in [3.63, 3.8) is 0 Å². The molecule has 1 atom stereocenters. The van der Waals surface area contributed by atoms with Gasteiger partial charge in [-0.15, -0.1) is 0 Å². The lowest BCUT2D eigenvalue weighted by Gasteiger charge is -2.07. The predicted molar refractivity (Wildman–Crippen MR) is 44.2 cm³/mol. The fourth-order valence-electron chi connectivity index (χ4n) is 1.95. The van der Waals surface area contributed by atoms with Gasteiger partial charge in [0.25, 0.3) is 0 Å². The molecule has 0 radical (unpaired) electrons. The van der Waals surface area contributed by atoms with Crippen LogP contribution in [0.25, 0.3) is 0 Å². The van der Waals surface area contributed by atoms with E-state index in [2.05, 4.69) is 13.8 Å². The first-order valence-corrected chi connectivity index (χ1v) is 4.54. The normalized spacial score (nSPS) is 36.4. The minimum absolute atomic E-state index is 0.151. The lowest BCUT2D eigenvalue weighted by Crippen LogP contribution is -2.05. The minimum atomic E-state index is 0.151. The van der Waals surface area contributed by atoms with E-state index in [1.54, 1.807) is 0 Å². The largest absolute Gasteiger partial charge is 0.303 e. The third-order valence-corrected chi connectivity index (χ3v) is 3.51. The van der Waals surface area contributed by atoms with E-state index in [4.69, 9.17) is 0 Å². The van der Waals surface area contributed by atoms with Crippen molar-refractivity contribution in [2.24, 2.45) is 16.7 Å². The molecule has 0 saturated heterocycles. The zero-order chi connectivity index (χ0) is 8.11. The van der Waals surface area contributed by atoms with Gasteiger partial charge in [-0.2, -0.15) is 0 Å². The average molecular weight is 152 g/mol. The number of hydrogen-bond acceptors (Lipinski definition) is 1. The van der Waals surface area contributed by atoms with E-state index in [1.165, 1.54) is 19.1 Å². The Labute approximate surface area is 68.2 Å². The highest BCUT2D eigenvalue weighted by molar-refractivity contribution is 5.63. The van der Waals surface area contributed by atoms with Gasteiger partial charge in [-0.25, -0.2) is 0 Å². The van der Waals surface area contributed by atoms with Crippen LogP contribution in [0.5, 0.6) is 0 Å². The van der Waals surface area contributed by atoms with Crippen molar-refractivity contribution in [2.45, 2.75) is 39.5 Å². The van der Waals surface area contributed by atoms with Gasteiger partial charge in [-0.05, 0) is 37.0 Å². The summed E-state index contributed by atoms with van der Waals surface area (Å²) in [6.45, 7) is 4.61. The number of aldehydes is 1. The lowest BCUT2D eigenvalue weighted by molar-refractivity contribution is -0.112. The summed E-state index contributed by atoms with van der Waals surface area (Å²) < 4.78 is 0. The van der Waals surface area contributed by atoms with Crippen LogP contribution in [0, 0.1) is 16.7 Å². The van der Waals surface area contributed by atoms with Gasteiger partial charge < -0.3 is 4.79 Å². The zero-order valence-corrected chi connectivity index (χ0v) is 7.39. The molecular weight excluding hydrogens is 136 g/mol. The third-order valence-electron chi connectivity index (χ3n) is 3.51. The predicted octanol–water partition coefficient (Wildman–Crippen LogP) is 2.40. The Balaban J connectivity index is 1.88. The number of hydrogen-bond donors (Lipinski definition) is 0. The third kappa shape index (κ3) is 1.21. The molecule has 0 spiro atoms. The van der Waals surface area contributed by atoms with E-state index >= 15 is 0 Å². The Bertz CT molecular complexity index is 189. The fourth-order valence-corrected chi connectivity index (χ4v) is 1.95. The van der Waals surface area contributed by atoms with Crippen molar-refractivity contribution in [3.05, 3.63) is 0 Å². The monoisotopic (exact) mass is 152 g/mol. The summed E-state index contributed by atoms with van der Waals surface area (Å²) in [6.07, 6.45) is 6.01. The summed E-state index contributed by atoms with van der Waals surface area (Å²) in [6, 6.07) is 0. The molecule has 2 aliphatic carbocycles. The molecule has 1 heteroatoms. The molecule has 0 bridgehead atoms. The van der Waals surface area contributed by atoms with E-state index < -0.39 is 0 Å². The molecule has 11 heavy (non-hydrogen) atoms. The van der Waals surface area contributed by atoms with Gasteiger partial charge in [0.05, 0.1) is 0 Å². The molecule has 0 aromatic heterocycles.